The number of rotatable bonds is 7. The van der Waals surface area contributed by atoms with Gasteiger partial charge in [-0.15, -0.1) is 0 Å². The standard InChI is InChI=1S/C28H26P/c1-5-15-25(16-6-1)17-13-14-24-29(26-18-7-2-8-19-26,27-20-9-3-10-21-27)28-22-11-4-12-23-28/h1-16,18-23H,17,24H2/q+1/b14-13+. The highest BCUT2D eigenvalue weighted by molar-refractivity contribution is 7.95. The molecule has 0 aromatic heterocycles. The summed E-state index contributed by atoms with van der Waals surface area (Å²) in [6.45, 7) is 0. The Morgan fingerprint density at radius 3 is 1.24 bits per heavy atom. The van der Waals surface area contributed by atoms with Crippen LogP contribution in [0, 0.1) is 0 Å². The van der Waals surface area contributed by atoms with E-state index in [4.69, 9.17) is 0 Å². The molecule has 1 heteroatoms. The van der Waals surface area contributed by atoms with Crippen molar-refractivity contribution < 1.29 is 0 Å². The van der Waals surface area contributed by atoms with Gasteiger partial charge in [0, 0.05) is 0 Å². The summed E-state index contributed by atoms with van der Waals surface area (Å²) in [4.78, 5) is 0. The van der Waals surface area contributed by atoms with Crippen molar-refractivity contribution in [3.05, 3.63) is 139 Å². The number of allylic oxidation sites excluding steroid dienone is 2. The molecular weight excluding hydrogens is 367 g/mol. The van der Waals surface area contributed by atoms with Crippen LogP contribution in [0.25, 0.3) is 0 Å². The Balaban J connectivity index is 1.77. The summed E-state index contributed by atoms with van der Waals surface area (Å²) in [5.41, 5.74) is 1.35. The SMILES string of the molecule is C(=C\C[P+](c1ccccc1)(c1ccccc1)c1ccccc1)/Cc1ccccc1. The van der Waals surface area contributed by atoms with Crippen LogP contribution < -0.4 is 15.9 Å². The Morgan fingerprint density at radius 1 is 0.448 bits per heavy atom. The zero-order valence-corrected chi connectivity index (χ0v) is 17.5. The highest BCUT2D eigenvalue weighted by Gasteiger charge is 2.43. The van der Waals surface area contributed by atoms with E-state index in [0.717, 1.165) is 12.6 Å². The average molecular weight is 393 g/mol. The van der Waals surface area contributed by atoms with Crippen LogP contribution in [0.5, 0.6) is 0 Å². The molecule has 142 valence electrons. The van der Waals surface area contributed by atoms with Crippen LogP contribution in [0.1, 0.15) is 5.56 Å². The highest BCUT2D eigenvalue weighted by Crippen LogP contribution is 2.55. The molecule has 0 saturated carbocycles. The van der Waals surface area contributed by atoms with Crippen molar-refractivity contribution in [1.82, 2.24) is 0 Å². The van der Waals surface area contributed by atoms with Gasteiger partial charge in [0.25, 0.3) is 0 Å². The van der Waals surface area contributed by atoms with Crippen molar-refractivity contribution >= 4 is 23.2 Å². The second-order valence-electron chi connectivity index (χ2n) is 7.16. The van der Waals surface area contributed by atoms with Crippen LogP contribution in [0.15, 0.2) is 133 Å². The summed E-state index contributed by atoms with van der Waals surface area (Å²) < 4.78 is 0. The average Bonchev–Trinajstić information content (AvgIpc) is 2.82. The van der Waals surface area contributed by atoms with E-state index < -0.39 is 7.26 Å². The van der Waals surface area contributed by atoms with Crippen LogP contribution in [0.4, 0.5) is 0 Å². The summed E-state index contributed by atoms with van der Waals surface area (Å²) in [5, 5.41) is 4.30. The molecule has 0 spiro atoms. The fraction of sp³-hybridized carbons (Fsp3) is 0.0714. The molecule has 0 unspecified atom stereocenters. The molecule has 0 atom stereocenters. The Hall–Kier alpha value is -2.95. The first-order valence-corrected chi connectivity index (χ1v) is 12.1. The van der Waals surface area contributed by atoms with Gasteiger partial charge in [0.05, 0.1) is 6.16 Å². The molecular formula is C28H26P+. The second-order valence-corrected chi connectivity index (χ2v) is 10.7. The van der Waals surface area contributed by atoms with Crippen molar-refractivity contribution in [3.8, 4) is 0 Å². The van der Waals surface area contributed by atoms with E-state index >= 15 is 0 Å². The van der Waals surface area contributed by atoms with Gasteiger partial charge in [0.1, 0.15) is 23.2 Å². The van der Waals surface area contributed by atoms with E-state index in [1.807, 2.05) is 0 Å². The maximum atomic E-state index is 2.40. The Kier molecular flexibility index (Phi) is 6.35. The van der Waals surface area contributed by atoms with Gasteiger partial charge in [-0.2, -0.15) is 0 Å². The molecule has 0 N–H and O–H groups in total. The minimum absolute atomic E-state index is 0.971. The molecule has 0 saturated heterocycles. The Bertz CT molecular complexity index is 926. The topological polar surface area (TPSA) is 0 Å². The van der Waals surface area contributed by atoms with E-state index in [9.17, 15) is 0 Å². The lowest BCUT2D eigenvalue weighted by Gasteiger charge is -2.26. The fourth-order valence-corrected chi connectivity index (χ4v) is 7.91. The first kappa shape index (κ1) is 19.4. The summed E-state index contributed by atoms with van der Waals surface area (Å²) >= 11 is 0. The zero-order valence-electron chi connectivity index (χ0n) is 16.6. The molecule has 0 nitrogen and oxygen atoms in total. The molecule has 0 amide bonds. The summed E-state index contributed by atoms with van der Waals surface area (Å²) in [5.74, 6) is 0. The Labute approximate surface area is 174 Å². The van der Waals surface area contributed by atoms with Crippen molar-refractivity contribution in [2.45, 2.75) is 6.42 Å². The second kappa shape index (κ2) is 9.50. The highest BCUT2D eigenvalue weighted by atomic mass is 31.2. The van der Waals surface area contributed by atoms with Crippen LogP contribution >= 0.6 is 7.26 Å². The molecule has 0 aliphatic carbocycles. The smallest absolute Gasteiger partial charge is 0.0805 e. The van der Waals surface area contributed by atoms with Gasteiger partial charge < -0.3 is 0 Å². The van der Waals surface area contributed by atoms with Crippen molar-refractivity contribution in [1.29, 1.82) is 0 Å². The lowest BCUT2D eigenvalue weighted by atomic mass is 10.1. The lowest BCUT2D eigenvalue weighted by molar-refractivity contribution is 1.26. The van der Waals surface area contributed by atoms with Gasteiger partial charge >= 0.3 is 0 Å². The van der Waals surface area contributed by atoms with Crippen LogP contribution in [0.3, 0.4) is 0 Å². The van der Waals surface area contributed by atoms with Crippen LogP contribution in [-0.2, 0) is 6.42 Å². The maximum absolute atomic E-state index is 2.40. The molecule has 4 aromatic rings. The normalized spacial score (nSPS) is 11.6. The van der Waals surface area contributed by atoms with Crippen LogP contribution in [-0.4, -0.2) is 6.16 Å². The molecule has 0 fully saturated rings. The molecule has 4 rings (SSSR count). The molecule has 0 aliphatic rings. The van der Waals surface area contributed by atoms with Gasteiger partial charge in [-0.3, -0.25) is 0 Å². The van der Waals surface area contributed by atoms with Gasteiger partial charge in [0.15, 0.2) is 0 Å². The van der Waals surface area contributed by atoms with E-state index in [1.165, 1.54) is 21.5 Å². The fourth-order valence-electron chi connectivity index (χ4n) is 3.88. The van der Waals surface area contributed by atoms with Crippen molar-refractivity contribution in [3.63, 3.8) is 0 Å². The first-order valence-electron chi connectivity index (χ1n) is 10.1. The third-order valence-electron chi connectivity index (χ3n) is 5.33. The monoisotopic (exact) mass is 393 g/mol. The van der Waals surface area contributed by atoms with Gasteiger partial charge in [-0.1, -0.05) is 97.1 Å². The molecule has 29 heavy (non-hydrogen) atoms. The quantitative estimate of drug-likeness (QED) is 0.276. The summed E-state index contributed by atoms with van der Waals surface area (Å²) in [7, 11) is -1.76. The van der Waals surface area contributed by atoms with E-state index in [0.29, 0.717) is 0 Å². The maximum Gasteiger partial charge on any atom is 0.115 e. The minimum Gasteiger partial charge on any atom is -0.0805 e. The third kappa shape index (κ3) is 4.39. The third-order valence-corrected chi connectivity index (χ3v) is 9.63. The lowest BCUT2D eigenvalue weighted by Crippen LogP contribution is -2.32. The number of hydrogen-bond donors (Lipinski definition) is 0. The van der Waals surface area contributed by atoms with Crippen LogP contribution in [0.2, 0.25) is 0 Å². The number of hydrogen-bond acceptors (Lipinski definition) is 0. The summed E-state index contributed by atoms with van der Waals surface area (Å²) in [6, 6.07) is 43.9. The zero-order chi connectivity index (χ0) is 19.8. The minimum atomic E-state index is -1.76. The van der Waals surface area contributed by atoms with E-state index in [1.54, 1.807) is 0 Å². The largest absolute Gasteiger partial charge is 0.115 e. The molecule has 4 aromatic carbocycles. The van der Waals surface area contributed by atoms with Gasteiger partial charge in [-0.05, 0) is 48.4 Å². The van der Waals surface area contributed by atoms with E-state index in [-0.39, 0.29) is 0 Å². The molecule has 0 aliphatic heterocycles. The van der Waals surface area contributed by atoms with E-state index in [2.05, 4.69) is 133 Å². The number of benzene rings is 4. The first-order chi connectivity index (χ1) is 14.4. The molecule has 0 radical (unpaired) electrons. The van der Waals surface area contributed by atoms with Crippen molar-refractivity contribution in [2.24, 2.45) is 0 Å². The predicted molar refractivity (Wildman–Crippen MR) is 129 cm³/mol. The summed E-state index contributed by atoms with van der Waals surface area (Å²) in [6.07, 6.45) is 6.73. The Morgan fingerprint density at radius 2 is 0.828 bits per heavy atom. The van der Waals surface area contributed by atoms with Crippen molar-refractivity contribution in [2.75, 3.05) is 6.16 Å². The predicted octanol–water partition coefficient (Wildman–Crippen LogP) is 5.78. The molecule has 0 heterocycles. The van der Waals surface area contributed by atoms with Gasteiger partial charge in [0.2, 0.25) is 0 Å². The van der Waals surface area contributed by atoms with Gasteiger partial charge in [-0.25, -0.2) is 0 Å². The molecule has 0 bridgehead atoms.